The van der Waals surface area contributed by atoms with Crippen LogP contribution in [0.5, 0.6) is 0 Å². The van der Waals surface area contributed by atoms with Gasteiger partial charge in [0.2, 0.25) is 0 Å². The molecule has 2 heterocycles. The molecule has 3 rings (SSSR count). The van der Waals surface area contributed by atoms with Crippen LogP contribution in [-0.4, -0.2) is 51.7 Å². The summed E-state index contributed by atoms with van der Waals surface area (Å²) in [5.74, 6) is 0.527. The molecular weight excluding hydrogens is 316 g/mol. The van der Waals surface area contributed by atoms with Gasteiger partial charge in [-0.05, 0) is 20.8 Å². The summed E-state index contributed by atoms with van der Waals surface area (Å²) in [6, 6.07) is -0.621. The van der Waals surface area contributed by atoms with Gasteiger partial charge in [-0.25, -0.2) is 0 Å². The predicted molar refractivity (Wildman–Crippen MR) is 83.1 cm³/mol. The Morgan fingerprint density at radius 1 is 1.50 bits per heavy atom. The van der Waals surface area contributed by atoms with E-state index in [-0.39, 0.29) is 30.3 Å². The highest BCUT2D eigenvalue weighted by molar-refractivity contribution is 5.91. The summed E-state index contributed by atoms with van der Waals surface area (Å²) >= 11 is 0. The lowest BCUT2D eigenvalue weighted by molar-refractivity contribution is -0.429. The number of carbonyl (C=O) groups is 1. The number of hydrogen-bond donors (Lipinski definition) is 1. The number of carbonyl (C=O) groups excluding carboxylic acids is 1. The van der Waals surface area contributed by atoms with Crippen molar-refractivity contribution in [3.05, 3.63) is 45.1 Å². The van der Waals surface area contributed by atoms with E-state index in [1.54, 1.807) is 13.8 Å². The summed E-state index contributed by atoms with van der Waals surface area (Å²) < 4.78 is 11.1. The highest BCUT2D eigenvalue weighted by Gasteiger charge is 2.50. The van der Waals surface area contributed by atoms with Gasteiger partial charge in [-0.15, -0.1) is 0 Å². The van der Waals surface area contributed by atoms with Crippen molar-refractivity contribution in [3.63, 3.8) is 0 Å². The second-order valence-corrected chi connectivity index (χ2v) is 6.55. The molecule has 0 aromatic heterocycles. The van der Waals surface area contributed by atoms with Crippen molar-refractivity contribution >= 4 is 5.91 Å². The van der Waals surface area contributed by atoms with Crippen LogP contribution in [0.1, 0.15) is 27.2 Å². The molecule has 1 aliphatic carbocycles. The molecule has 0 saturated carbocycles. The quantitative estimate of drug-likeness (QED) is 0.609. The molecule has 0 spiro atoms. The second kappa shape index (κ2) is 5.62. The smallest absolute Gasteiger partial charge is 0.252 e. The number of amides is 1. The minimum atomic E-state index is -0.939. The lowest BCUT2D eigenvalue weighted by Gasteiger charge is -2.32. The summed E-state index contributed by atoms with van der Waals surface area (Å²) in [5, 5.41) is 21.8. The molecule has 1 N–H and O–H groups in total. The molecule has 2 aliphatic heterocycles. The van der Waals surface area contributed by atoms with E-state index in [0.29, 0.717) is 17.9 Å². The standard InChI is InChI=1S/C16H20N2O6/c1-4-23-10-7-13(19)17(8-10)11-5-9(18(21)22)6-12-14(11)15(20)16(2,3)24-12/h6-7,11,15,20H,4-5,8H2,1-3H3. The summed E-state index contributed by atoms with van der Waals surface area (Å²) in [4.78, 5) is 24.6. The molecule has 0 aromatic rings. The molecule has 8 nitrogen and oxygen atoms in total. The van der Waals surface area contributed by atoms with Gasteiger partial charge in [-0.3, -0.25) is 14.9 Å². The SMILES string of the molecule is CCOC1=CC(=O)N(C2CC([N+](=O)[O-])=CC3=C2C(O)C(C)(C)O3)C1. The molecular formula is C16H20N2O6. The van der Waals surface area contributed by atoms with Crippen molar-refractivity contribution in [2.45, 2.75) is 44.9 Å². The molecule has 2 unspecified atom stereocenters. The van der Waals surface area contributed by atoms with Crippen LogP contribution in [0.4, 0.5) is 0 Å². The average molecular weight is 336 g/mol. The zero-order valence-electron chi connectivity index (χ0n) is 13.8. The molecule has 0 saturated heterocycles. The second-order valence-electron chi connectivity index (χ2n) is 6.55. The molecule has 24 heavy (non-hydrogen) atoms. The van der Waals surface area contributed by atoms with Crippen LogP contribution in [0.2, 0.25) is 0 Å². The van der Waals surface area contributed by atoms with E-state index in [4.69, 9.17) is 9.47 Å². The number of nitro groups is 1. The Balaban J connectivity index is 1.95. The van der Waals surface area contributed by atoms with Crippen LogP contribution in [0, 0.1) is 10.1 Å². The van der Waals surface area contributed by atoms with Gasteiger partial charge in [0, 0.05) is 11.6 Å². The Kier molecular flexibility index (Phi) is 3.87. The van der Waals surface area contributed by atoms with E-state index in [2.05, 4.69) is 0 Å². The van der Waals surface area contributed by atoms with E-state index in [9.17, 15) is 20.0 Å². The third-order valence-electron chi connectivity index (χ3n) is 4.50. The first-order valence-corrected chi connectivity index (χ1v) is 7.84. The molecule has 0 radical (unpaired) electrons. The van der Waals surface area contributed by atoms with Crippen LogP contribution in [0.3, 0.4) is 0 Å². The van der Waals surface area contributed by atoms with Crippen LogP contribution < -0.4 is 0 Å². The van der Waals surface area contributed by atoms with Crippen LogP contribution in [-0.2, 0) is 14.3 Å². The van der Waals surface area contributed by atoms with Crippen molar-refractivity contribution in [2.75, 3.05) is 13.2 Å². The molecule has 0 fully saturated rings. The third kappa shape index (κ3) is 2.56. The van der Waals surface area contributed by atoms with Gasteiger partial charge in [-0.2, -0.15) is 0 Å². The molecule has 2 atom stereocenters. The summed E-state index contributed by atoms with van der Waals surface area (Å²) in [6.45, 7) is 5.90. The maximum Gasteiger partial charge on any atom is 0.252 e. The predicted octanol–water partition coefficient (Wildman–Crippen LogP) is 1.11. The lowest BCUT2D eigenvalue weighted by atomic mass is 9.86. The fourth-order valence-corrected chi connectivity index (χ4v) is 3.34. The van der Waals surface area contributed by atoms with Crippen molar-refractivity contribution < 1.29 is 24.3 Å². The summed E-state index contributed by atoms with van der Waals surface area (Å²) in [6.07, 6.45) is 1.83. The van der Waals surface area contributed by atoms with Gasteiger partial charge in [-0.1, -0.05) is 0 Å². The highest BCUT2D eigenvalue weighted by Crippen LogP contribution is 2.43. The first-order chi connectivity index (χ1) is 11.2. The number of hydrogen-bond acceptors (Lipinski definition) is 6. The van der Waals surface area contributed by atoms with Gasteiger partial charge >= 0.3 is 0 Å². The molecule has 8 heteroatoms. The Hall–Kier alpha value is -2.35. The largest absolute Gasteiger partial charge is 0.496 e. The van der Waals surface area contributed by atoms with Gasteiger partial charge in [0.1, 0.15) is 23.2 Å². The van der Waals surface area contributed by atoms with E-state index in [1.807, 2.05) is 6.92 Å². The number of allylic oxidation sites excluding steroid dienone is 1. The number of ether oxygens (including phenoxy) is 2. The molecule has 0 aromatic carbocycles. The highest BCUT2D eigenvalue weighted by atomic mass is 16.6. The number of rotatable bonds is 4. The average Bonchev–Trinajstić information content (AvgIpc) is 2.96. The first-order valence-electron chi connectivity index (χ1n) is 7.84. The maximum absolute atomic E-state index is 12.3. The van der Waals surface area contributed by atoms with Crippen molar-refractivity contribution in [2.24, 2.45) is 0 Å². The van der Waals surface area contributed by atoms with Gasteiger partial charge in [0.25, 0.3) is 11.6 Å². The Morgan fingerprint density at radius 2 is 2.21 bits per heavy atom. The molecule has 1 amide bonds. The Labute approximate surface area is 139 Å². The monoisotopic (exact) mass is 336 g/mol. The zero-order valence-corrected chi connectivity index (χ0v) is 13.8. The molecule has 3 aliphatic rings. The van der Waals surface area contributed by atoms with E-state index in [0.717, 1.165) is 0 Å². The summed E-state index contributed by atoms with van der Waals surface area (Å²) in [7, 11) is 0. The Bertz CT molecular complexity index is 691. The van der Waals surface area contributed by atoms with Crippen LogP contribution in [0.25, 0.3) is 0 Å². The maximum atomic E-state index is 12.3. The van der Waals surface area contributed by atoms with E-state index < -0.39 is 22.7 Å². The van der Waals surface area contributed by atoms with Gasteiger partial charge in [0.15, 0.2) is 0 Å². The topological polar surface area (TPSA) is 102 Å². The van der Waals surface area contributed by atoms with Gasteiger partial charge < -0.3 is 19.5 Å². The van der Waals surface area contributed by atoms with Gasteiger partial charge in [0.05, 0.1) is 36.6 Å². The minimum Gasteiger partial charge on any atom is -0.496 e. The zero-order chi connectivity index (χ0) is 17.6. The number of aliphatic hydroxyl groups excluding tert-OH is 1. The van der Waals surface area contributed by atoms with E-state index >= 15 is 0 Å². The van der Waals surface area contributed by atoms with Crippen LogP contribution in [0.15, 0.2) is 34.9 Å². The number of aliphatic hydroxyl groups is 1. The van der Waals surface area contributed by atoms with Crippen molar-refractivity contribution in [1.29, 1.82) is 0 Å². The lowest BCUT2D eigenvalue weighted by Crippen LogP contribution is -2.45. The third-order valence-corrected chi connectivity index (χ3v) is 4.50. The summed E-state index contributed by atoms with van der Waals surface area (Å²) in [5.41, 5.74) is -0.420. The molecule has 0 bridgehead atoms. The van der Waals surface area contributed by atoms with E-state index in [1.165, 1.54) is 17.1 Å². The van der Waals surface area contributed by atoms with Crippen molar-refractivity contribution in [3.8, 4) is 0 Å². The molecule has 130 valence electrons. The number of nitrogens with zero attached hydrogens (tertiary/aromatic N) is 2. The first kappa shape index (κ1) is 16.5. The minimum absolute atomic E-state index is 0.0291. The Morgan fingerprint density at radius 3 is 2.83 bits per heavy atom. The fraction of sp³-hybridized carbons (Fsp3) is 0.562. The van der Waals surface area contributed by atoms with Crippen molar-refractivity contribution in [1.82, 2.24) is 4.90 Å². The van der Waals surface area contributed by atoms with Crippen LogP contribution >= 0.6 is 0 Å². The fourth-order valence-electron chi connectivity index (χ4n) is 3.34. The normalized spacial score (nSPS) is 28.3.